The molecule has 2 nitrogen and oxygen atoms in total. The first-order valence-corrected chi connectivity index (χ1v) is 5.86. The average molecular weight is 223 g/mol. The molecule has 2 N–H and O–H groups in total. The Kier molecular flexibility index (Phi) is 3.56. The van der Waals surface area contributed by atoms with Gasteiger partial charge in [0.05, 0.1) is 6.10 Å². The standard InChI is InChI=1S/C13H18FNO/c1-9(10-4-2-5-11(14)8-10)15-12-6-3-7-13(12)16/h2,4-5,8-9,12-13,15-16H,3,6-7H2,1H3/t9-,12-,13-/m1/s1. The minimum absolute atomic E-state index is 0.0773. The molecule has 88 valence electrons. The van der Waals surface area contributed by atoms with Crippen molar-refractivity contribution in [1.82, 2.24) is 5.32 Å². The molecule has 0 amide bonds. The predicted molar refractivity (Wildman–Crippen MR) is 61.6 cm³/mol. The number of aliphatic hydroxyl groups excluding tert-OH is 1. The van der Waals surface area contributed by atoms with Crippen molar-refractivity contribution in [3.8, 4) is 0 Å². The third-order valence-electron chi connectivity index (χ3n) is 3.29. The summed E-state index contributed by atoms with van der Waals surface area (Å²) in [6.07, 6.45) is 2.68. The van der Waals surface area contributed by atoms with Gasteiger partial charge in [-0.3, -0.25) is 0 Å². The monoisotopic (exact) mass is 223 g/mol. The molecule has 0 saturated heterocycles. The van der Waals surface area contributed by atoms with Gasteiger partial charge in [-0.05, 0) is 43.9 Å². The van der Waals surface area contributed by atoms with E-state index < -0.39 is 0 Å². The first-order chi connectivity index (χ1) is 7.66. The third-order valence-corrected chi connectivity index (χ3v) is 3.29. The Morgan fingerprint density at radius 2 is 2.25 bits per heavy atom. The first kappa shape index (κ1) is 11.6. The molecule has 3 atom stereocenters. The van der Waals surface area contributed by atoms with E-state index in [1.165, 1.54) is 6.07 Å². The Morgan fingerprint density at radius 3 is 2.88 bits per heavy atom. The zero-order chi connectivity index (χ0) is 11.5. The van der Waals surface area contributed by atoms with Crippen molar-refractivity contribution >= 4 is 0 Å². The van der Waals surface area contributed by atoms with Gasteiger partial charge in [0.2, 0.25) is 0 Å². The summed E-state index contributed by atoms with van der Waals surface area (Å²) in [5.74, 6) is -0.210. The molecule has 1 fully saturated rings. The maximum atomic E-state index is 13.0. The van der Waals surface area contributed by atoms with Crippen molar-refractivity contribution in [2.45, 2.75) is 44.4 Å². The number of nitrogens with one attached hydrogen (secondary N) is 1. The molecule has 0 heterocycles. The molecule has 1 aliphatic carbocycles. The summed E-state index contributed by atoms with van der Waals surface area (Å²) < 4.78 is 13.0. The van der Waals surface area contributed by atoms with Gasteiger partial charge in [0.25, 0.3) is 0 Å². The van der Waals surface area contributed by atoms with Crippen molar-refractivity contribution in [1.29, 1.82) is 0 Å². The van der Waals surface area contributed by atoms with Crippen LogP contribution in [0.15, 0.2) is 24.3 Å². The number of benzene rings is 1. The van der Waals surface area contributed by atoms with E-state index in [2.05, 4.69) is 5.32 Å². The molecule has 0 radical (unpaired) electrons. The third kappa shape index (κ3) is 2.60. The van der Waals surface area contributed by atoms with Gasteiger partial charge >= 0.3 is 0 Å². The number of halogens is 1. The summed E-state index contributed by atoms with van der Waals surface area (Å²) >= 11 is 0. The van der Waals surface area contributed by atoms with E-state index >= 15 is 0 Å². The van der Waals surface area contributed by atoms with E-state index in [4.69, 9.17) is 0 Å². The molecular weight excluding hydrogens is 205 g/mol. The minimum atomic E-state index is -0.254. The van der Waals surface area contributed by atoms with E-state index in [0.717, 1.165) is 24.8 Å². The summed E-state index contributed by atoms with van der Waals surface area (Å²) in [5, 5.41) is 13.1. The fraction of sp³-hybridized carbons (Fsp3) is 0.538. The van der Waals surface area contributed by atoms with E-state index in [1.807, 2.05) is 13.0 Å². The van der Waals surface area contributed by atoms with Gasteiger partial charge in [-0.25, -0.2) is 4.39 Å². The molecule has 1 aromatic rings. The maximum Gasteiger partial charge on any atom is 0.123 e. The highest BCUT2D eigenvalue weighted by molar-refractivity contribution is 5.19. The Bertz CT molecular complexity index is 356. The van der Waals surface area contributed by atoms with Gasteiger partial charge in [-0.15, -0.1) is 0 Å². The van der Waals surface area contributed by atoms with Gasteiger partial charge < -0.3 is 10.4 Å². The summed E-state index contributed by atoms with van der Waals surface area (Å²) in [6.45, 7) is 2.00. The maximum absolute atomic E-state index is 13.0. The Hall–Kier alpha value is -0.930. The van der Waals surface area contributed by atoms with Gasteiger partial charge in [0.1, 0.15) is 5.82 Å². The lowest BCUT2D eigenvalue weighted by Crippen LogP contribution is -2.37. The van der Waals surface area contributed by atoms with Crippen LogP contribution in [0.5, 0.6) is 0 Å². The van der Waals surface area contributed by atoms with E-state index in [1.54, 1.807) is 12.1 Å². The van der Waals surface area contributed by atoms with Crippen LogP contribution < -0.4 is 5.32 Å². The van der Waals surface area contributed by atoms with Crippen molar-refractivity contribution in [2.75, 3.05) is 0 Å². The fourth-order valence-electron chi connectivity index (χ4n) is 2.33. The molecule has 1 saturated carbocycles. The first-order valence-electron chi connectivity index (χ1n) is 5.86. The molecular formula is C13H18FNO. The van der Waals surface area contributed by atoms with Crippen LogP contribution in [0.3, 0.4) is 0 Å². The van der Waals surface area contributed by atoms with Gasteiger partial charge in [0, 0.05) is 12.1 Å². The Labute approximate surface area is 95.5 Å². The molecule has 3 heteroatoms. The fourth-order valence-corrected chi connectivity index (χ4v) is 2.33. The van der Waals surface area contributed by atoms with Crippen LogP contribution in [0.2, 0.25) is 0 Å². The highest BCUT2D eigenvalue weighted by Crippen LogP contribution is 2.22. The quantitative estimate of drug-likeness (QED) is 0.824. The molecule has 0 bridgehead atoms. The zero-order valence-electron chi connectivity index (χ0n) is 9.49. The average Bonchev–Trinajstić information content (AvgIpc) is 2.64. The highest BCUT2D eigenvalue weighted by Gasteiger charge is 2.26. The topological polar surface area (TPSA) is 32.3 Å². The van der Waals surface area contributed by atoms with Gasteiger partial charge in [-0.2, -0.15) is 0 Å². The molecule has 2 rings (SSSR count). The molecule has 1 aliphatic rings. The molecule has 0 unspecified atom stereocenters. The SMILES string of the molecule is C[C@@H](N[C@@H]1CCC[C@H]1O)c1cccc(F)c1. The summed E-state index contributed by atoms with van der Waals surface area (Å²) in [6, 6.07) is 6.84. The van der Waals surface area contributed by atoms with Crippen LogP contribution >= 0.6 is 0 Å². The lowest BCUT2D eigenvalue weighted by atomic mass is 10.1. The van der Waals surface area contributed by atoms with Crippen molar-refractivity contribution < 1.29 is 9.50 Å². The van der Waals surface area contributed by atoms with Crippen molar-refractivity contribution in [2.24, 2.45) is 0 Å². The van der Waals surface area contributed by atoms with E-state index in [0.29, 0.717) is 0 Å². The number of aliphatic hydroxyl groups is 1. The number of hydrogen-bond acceptors (Lipinski definition) is 2. The normalized spacial score (nSPS) is 26.9. The summed E-state index contributed by atoms with van der Waals surface area (Å²) in [5.41, 5.74) is 0.930. The molecule has 16 heavy (non-hydrogen) atoms. The second-order valence-electron chi connectivity index (χ2n) is 4.55. The van der Waals surface area contributed by atoms with E-state index in [-0.39, 0.29) is 24.0 Å². The summed E-state index contributed by atoms with van der Waals surface area (Å²) in [7, 11) is 0. The van der Waals surface area contributed by atoms with Crippen LogP contribution in [0.25, 0.3) is 0 Å². The Morgan fingerprint density at radius 1 is 1.44 bits per heavy atom. The minimum Gasteiger partial charge on any atom is -0.392 e. The zero-order valence-corrected chi connectivity index (χ0v) is 9.49. The van der Waals surface area contributed by atoms with Crippen molar-refractivity contribution in [3.63, 3.8) is 0 Å². The van der Waals surface area contributed by atoms with Crippen LogP contribution in [0, 0.1) is 5.82 Å². The molecule has 0 spiro atoms. The largest absolute Gasteiger partial charge is 0.392 e. The van der Waals surface area contributed by atoms with Gasteiger partial charge in [-0.1, -0.05) is 12.1 Å². The second kappa shape index (κ2) is 4.93. The van der Waals surface area contributed by atoms with E-state index in [9.17, 15) is 9.50 Å². The van der Waals surface area contributed by atoms with Crippen LogP contribution in [-0.2, 0) is 0 Å². The van der Waals surface area contributed by atoms with Gasteiger partial charge in [0.15, 0.2) is 0 Å². The molecule has 0 aromatic heterocycles. The summed E-state index contributed by atoms with van der Waals surface area (Å²) in [4.78, 5) is 0. The predicted octanol–water partition coefficient (Wildman–Crippen LogP) is 2.39. The van der Waals surface area contributed by atoms with Crippen LogP contribution in [0.4, 0.5) is 4.39 Å². The van der Waals surface area contributed by atoms with Crippen LogP contribution in [-0.4, -0.2) is 17.3 Å². The molecule has 0 aliphatic heterocycles. The smallest absolute Gasteiger partial charge is 0.123 e. The Balaban J connectivity index is 1.99. The van der Waals surface area contributed by atoms with Crippen molar-refractivity contribution in [3.05, 3.63) is 35.6 Å². The molecule has 1 aromatic carbocycles. The number of hydrogen-bond donors (Lipinski definition) is 2. The lowest BCUT2D eigenvalue weighted by molar-refractivity contribution is 0.144. The highest BCUT2D eigenvalue weighted by atomic mass is 19.1. The lowest BCUT2D eigenvalue weighted by Gasteiger charge is -2.22. The second-order valence-corrected chi connectivity index (χ2v) is 4.55. The number of rotatable bonds is 3. The van der Waals surface area contributed by atoms with Crippen LogP contribution in [0.1, 0.15) is 37.8 Å².